The average Bonchev–Trinajstić information content (AvgIpc) is 2.72. The van der Waals surface area contributed by atoms with Gasteiger partial charge < -0.3 is 0 Å². The SMILES string of the molecule is NNC(Cc1cc(F)cc(F)c1)Cc1ccc(Br)s1. The zero-order valence-electron chi connectivity index (χ0n) is 10.00. The van der Waals surface area contributed by atoms with Crippen LogP contribution in [0.3, 0.4) is 0 Å². The first kappa shape index (κ1) is 14.6. The molecule has 0 radical (unpaired) electrons. The van der Waals surface area contributed by atoms with Crippen molar-refractivity contribution < 1.29 is 8.78 Å². The van der Waals surface area contributed by atoms with Gasteiger partial charge in [0.2, 0.25) is 0 Å². The van der Waals surface area contributed by atoms with Gasteiger partial charge in [0.1, 0.15) is 11.6 Å². The van der Waals surface area contributed by atoms with Crippen LogP contribution in [0.25, 0.3) is 0 Å². The molecule has 0 spiro atoms. The molecule has 1 aromatic carbocycles. The topological polar surface area (TPSA) is 38.0 Å². The van der Waals surface area contributed by atoms with Crippen LogP contribution in [0.15, 0.2) is 34.1 Å². The molecule has 1 heterocycles. The van der Waals surface area contributed by atoms with E-state index in [2.05, 4.69) is 21.4 Å². The Bertz CT molecular complexity index is 539. The molecule has 0 saturated carbocycles. The number of nitrogens with two attached hydrogens (primary N) is 1. The third-order valence-corrected chi connectivity index (χ3v) is 4.36. The van der Waals surface area contributed by atoms with Crippen LogP contribution in [0, 0.1) is 11.6 Å². The lowest BCUT2D eigenvalue weighted by molar-refractivity contribution is 0.519. The summed E-state index contributed by atoms with van der Waals surface area (Å²) in [4.78, 5) is 1.16. The van der Waals surface area contributed by atoms with Gasteiger partial charge in [-0.1, -0.05) is 0 Å². The monoisotopic (exact) mass is 346 g/mol. The largest absolute Gasteiger partial charge is 0.271 e. The lowest BCUT2D eigenvalue weighted by Crippen LogP contribution is -2.38. The molecule has 6 heteroatoms. The van der Waals surface area contributed by atoms with Crippen molar-refractivity contribution >= 4 is 27.3 Å². The molecule has 1 atom stereocenters. The molecule has 19 heavy (non-hydrogen) atoms. The molecule has 3 N–H and O–H groups in total. The fourth-order valence-electron chi connectivity index (χ4n) is 1.91. The van der Waals surface area contributed by atoms with Gasteiger partial charge in [-0.05, 0) is 58.6 Å². The molecule has 1 aromatic heterocycles. The van der Waals surface area contributed by atoms with Gasteiger partial charge in [0.05, 0.1) is 3.79 Å². The minimum absolute atomic E-state index is 0.0632. The number of hydrogen-bond acceptors (Lipinski definition) is 3. The van der Waals surface area contributed by atoms with Gasteiger partial charge >= 0.3 is 0 Å². The molecule has 0 aliphatic rings. The Labute approximate surface area is 122 Å². The van der Waals surface area contributed by atoms with Gasteiger partial charge in [0.15, 0.2) is 0 Å². The number of hydrogen-bond donors (Lipinski definition) is 2. The molecule has 0 bridgehead atoms. The zero-order valence-corrected chi connectivity index (χ0v) is 12.4. The predicted molar refractivity (Wildman–Crippen MR) is 76.9 cm³/mol. The molecule has 0 fully saturated rings. The summed E-state index contributed by atoms with van der Waals surface area (Å²) < 4.78 is 27.3. The van der Waals surface area contributed by atoms with Gasteiger partial charge in [-0.3, -0.25) is 11.3 Å². The molecule has 0 aliphatic heterocycles. The maximum Gasteiger partial charge on any atom is 0.126 e. The predicted octanol–water partition coefficient (Wildman–Crippen LogP) is 3.41. The molecule has 2 nitrogen and oxygen atoms in total. The van der Waals surface area contributed by atoms with Crippen LogP contribution in [0.1, 0.15) is 10.4 Å². The summed E-state index contributed by atoms with van der Waals surface area (Å²) in [6.45, 7) is 0. The van der Waals surface area contributed by atoms with E-state index in [-0.39, 0.29) is 6.04 Å². The van der Waals surface area contributed by atoms with Crippen molar-refractivity contribution in [3.05, 3.63) is 56.2 Å². The highest BCUT2D eigenvalue weighted by Gasteiger charge is 2.12. The Kier molecular flexibility index (Phi) is 5.04. The van der Waals surface area contributed by atoms with Crippen LogP contribution >= 0.6 is 27.3 Å². The lowest BCUT2D eigenvalue weighted by Gasteiger charge is -2.15. The fraction of sp³-hybridized carbons (Fsp3) is 0.231. The summed E-state index contributed by atoms with van der Waals surface area (Å²) >= 11 is 5.02. The van der Waals surface area contributed by atoms with E-state index >= 15 is 0 Å². The van der Waals surface area contributed by atoms with Crippen molar-refractivity contribution in [2.45, 2.75) is 18.9 Å². The quantitative estimate of drug-likeness (QED) is 0.643. The second kappa shape index (κ2) is 6.56. The summed E-state index contributed by atoms with van der Waals surface area (Å²) in [5.41, 5.74) is 3.29. The third-order valence-electron chi connectivity index (χ3n) is 2.72. The Morgan fingerprint density at radius 3 is 2.37 bits per heavy atom. The standard InChI is InChI=1S/C13H13BrF2N2S/c14-13-2-1-12(19-13)7-11(18-17)5-8-3-9(15)6-10(16)4-8/h1-4,6,11,18H,5,7,17H2. The highest BCUT2D eigenvalue weighted by Crippen LogP contribution is 2.23. The van der Waals surface area contributed by atoms with E-state index in [4.69, 9.17) is 5.84 Å². The first-order chi connectivity index (χ1) is 9.06. The van der Waals surface area contributed by atoms with Crippen molar-refractivity contribution in [1.29, 1.82) is 0 Å². The highest BCUT2D eigenvalue weighted by atomic mass is 79.9. The van der Waals surface area contributed by atoms with Gasteiger partial charge in [-0.25, -0.2) is 8.78 Å². The molecule has 0 saturated heterocycles. The Morgan fingerprint density at radius 1 is 1.16 bits per heavy atom. The van der Waals surface area contributed by atoms with E-state index in [9.17, 15) is 8.78 Å². The van der Waals surface area contributed by atoms with Crippen LogP contribution in [-0.2, 0) is 12.8 Å². The number of thiophene rings is 1. The van der Waals surface area contributed by atoms with Gasteiger partial charge in [-0.2, -0.15) is 0 Å². The number of nitrogens with one attached hydrogen (secondary N) is 1. The number of rotatable bonds is 5. The smallest absolute Gasteiger partial charge is 0.126 e. The molecule has 2 rings (SSSR count). The van der Waals surface area contributed by atoms with Gasteiger partial charge in [0, 0.05) is 17.0 Å². The number of benzene rings is 1. The minimum Gasteiger partial charge on any atom is -0.271 e. The minimum atomic E-state index is -0.565. The maximum atomic E-state index is 13.1. The summed E-state index contributed by atoms with van der Waals surface area (Å²) in [7, 11) is 0. The van der Waals surface area contributed by atoms with Crippen LogP contribution in [0.4, 0.5) is 8.78 Å². The van der Waals surface area contributed by atoms with Crippen LogP contribution < -0.4 is 11.3 Å². The summed E-state index contributed by atoms with van der Waals surface area (Å²) in [5, 5.41) is 0. The van der Waals surface area contributed by atoms with Gasteiger partial charge in [-0.15, -0.1) is 11.3 Å². The third kappa shape index (κ3) is 4.35. The lowest BCUT2D eigenvalue weighted by atomic mass is 10.0. The van der Waals surface area contributed by atoms with Crippen molar-refractivity contribution in [2.24, 2.45) is 5.84 Å². The van der Waals surface area contributed by atoms with E-state index in [0.717, 1.165) is 14.7 Å². The molecule has 2 aromatic rings. The first-order valence-electron chi connectivity index (χ1n) is 5.72. The van der Waals surface area contributed by atoms with Crippen molar-refractivity contribution in [3.63, 3.8) is 0 Å². The Balaban J connectivity index is 2.06. The molecule has 0 aliphatic carbocycles. The zero-order chi connectivity index (χ0) is 13.8. The summed E-state index contributed by atoms with van der Waals surface area (Å²) in [5.74, 6) is 4.38. The molecular weight excluding hydrogens is 334 g/mol. The van der Waals surface area contributed by atoms with E-state index < -0.39 is 11.6 Å². The highest BCUT2D eigenvalue weighted by molar-refractivity contribution is 9.11. The first-order valence-corrected chi connectivity index (χ1v) is 7.33. The van der Waals surface area contributed by atoms with Crippen molar-refractivity contribution in [2.75, 3.05) is 0 Å². The summed E-state index contributed by atoms with van der Waals surface area (Å²) in [6.07, 6.45) is 1.19. The molecule has 0 amide bonds. The van der Waals surface area contributed by atoms with E-state index in [0.29, 0.717) is 18.4 Å². The van der Waals surface area contributed by atoms with Gasteiger partial charge in [0.25, 0.3) is 0 Å². The van der Waals surface area contributed by atoms with Crippen LogP contribution in [0.2, 0.25) is 0 Å². The van der Waals surface area contributed by atoms with E-state index in [1.807, 2.05) is 12.1 Å². The fourth-order valence-corrected chi connectivity index (χ4v) is 3.47. The summed E-state index contributed by atoms with van der Waals surface area (Å²) in [6, 6.07) is 7.44. The van der Waals surface area contributed by atoms with E-state index in [1.54, 1.807) is 11.3 Å². The second-order valence-electron chi connectivity index (χ2n) is 4.26. The molecule has 1 unspecified atom stereocenters. The average molecular weight is 347 g/mol. The molecular formula is C13H13BrF2N2S. The number of hydrazine groups is 1. The van der Waals surface area contributed by atoms with Crippen LogP contribution in [-0.4, -0.2) is 6.04 Å². The van der Waals surface area contributed by atoms with Crippen molar-refractivity contribution in [3.8, 4) is 0 Å². The Morgan fingerprint density at radius 2 is 1.84 bits per heavy atom. The molecule has 102 valence electrons. The maximum absolute atomic E-state index is 13.1. The van der Waals surface area contributed by atoms with E-state index in [1.165, 1.54) is 12.1 Å². The Hall–Kier alpha value is -0.820. The number of halogens is 3. The normalized spacial score (nSPS) is 12.6. The second-order valence-corrected chi connectivity index (χ2v) is 6.80. The van der Waals surface area contributed by atoms with Crippen molar-refractivity contribution in [1.82, 2.24) is 5.43 Å². The van der Waals surface area contributed by atoms with Crippen LogP contribution in [0.5, 0.6) is 0 Å².